The van der Waals surface area contributed by atoms with E-state index in [9.17, 15) is 4.79 Å². The molecular formula is C19H25N5O3. The number of ether oxygens (including phenoxy) is 2. The molecule has 0 aliphatic carbocycles. The molecule has 0 fully saturated rings. The van der Waals surface area contributed by atoms with E-state index < -0.39 is 0 Å². The van der Waals surface area contributed by atoms with Crippen molar-refractivity contribution in [3.8, 4) is 17.2 Å². The van der Waals surface area contributed by atoms with Gasteiger partial charge in [-0.1, -0.05) is 13.8 Å². The number of nitrogen functional groups attached to an aromatic ring is 2. The van der Waals surface area contributed by atoms with Crippen molar-refractivity contribution in [1.82, 2.24) is 14.9 Å². The molecule has 27 heavy (non-hydrogen) atoms. The summed E-state index contributed by atoms with van der Waals surface area (Å²) < 4.78 is 11.5. The van der Waals surface area contributed by atoms with Crippen LogP contribution >= 0.6 is 0 Å². The van der Waals surface area contributed by atoms with Crippen LogP contribution in [0.3, 0.4) is 0 Å². The Morgan fingerprint density at radius 1 is 1.22 bits per heavy atom. The lowest BCUT2D eigenvalue weighted by atomic mass is 9.96. The van der Waals surface area contributed by atoms with Gasteiger partial charge in [0.2, 0.25) is 5.95 Å². The minimum atomic E-state index is 0.0662. The molecule has 0 aliphatic rings. The summed E-state index contributed by atoms with van der Waals surface area (Å²) in [5.74, 6) is 3.74. The van der Waals surface area contributed by atoms with Gasteiger partial charge in [-0.25, -0.2) is 9.78 Å². The summed E-state index contributed by atoms with van der Waals surface area (Å²) in [4.78, 5) is 21.3. The maximum absolute atomic E-state index is 11.6. The summed E-state index contributed by atoms with van der Waals surface area (Å²) in [6, 6.07) is 3.62. The summed E-state index contributed by atoms with van der Waals surface area (Å²) in [5.41, 5.74) is 13.4. The highest BCUT2D eigenvalue weighted by Crippen LogP contribution is 2.39. The van der Waals surface area contributed by atoms with Gasteiger partial charge in [-0.3, -0.25) is 0 Å². The third-order valence-electron chi connectivity index (χ3n) is 3.90. The number of nitrogens with two attached hydrogens (primary N) is 2. The largest absolute Gasteiger partial charge is 0.496 e. The number of hydrogen-bond donors (Lipinski definition) is 2. The monoisotopic (exact) mass is 371 g/mol. The topological polar surface area (TPSA) is 117 Å². The molecule has 1 aromatic heterocycles. The molecule has 0 aliphatic heterocycles. The van der Waals surface area contributed by atoms with Crippen LogP contribution in [0.15, 0.2) is 18.3 Å². The van der Waals surface area contributed by atoms with Crippen molar-refractivity contribution in [3.05, 3.63) is 29.5 Å². The van der Waals surface area contributed by atoms with Crippen molar-refractivity contribution in [3.63, 3.8) is 0 Å². The van der Waals surface area contributed by atoms with Crippen LogP contribution < -0.4 is 20.9 Å². The third-order valence-corrected chi connectivity index (χ3v) is 3.90. The molecule has 0 saturated carbocycles. The molecule has 1 heterocycles. The fourth-order valence-electron chi connectivity index (χ4n) is 2.60. The van der Waals surface area contributed by atoms with Gasteiger partial charge in [0, 0.05) is 17.7 Å². The summed E-state index contributed by atoms with van der Waals surface area (Å²) in [6.07, 6.45) is 1.42. The number of carbonyl (C=O) groups excluding carboxylic acids is 1. The van der Waals surface area contributed by atoms with Crippen LogP contribution in [0.1, 0.15) is 30.9 Å². The van der Waals surface area contributed by atoms with Gasteiger partial charge >= 0.3 is 0 Å². The SMILES string of the molecule is COc1cc(C(C)C)c(Oc2cnc(N)nc2N)cc1C(=C=O)CN(C)C. The first-order chi connectivity index (χ1) is 12.8. The Hall–Kier alpha value is -3.09. The number of benzene rings is 1. The van der Waals surface area contributed by atoms with Gasteiger partial charge < -0.3 is 25.8 Å². The Balaban J connectivity index is 2.60. The maximum atomic E-state index is 11.6. The minimum absolute atomic E-state index is 0.0662. The molecule has 0 saturated heterocycles. The first kappa shape index (κ1) is 20.2. The number of hydrogen-bond acceptors (Lipinski definition) is 8. The van der Waals surface area contributed by atoms with E-state index in [0.29, 0.717) is 29.2 Å². The molecule has 8 nitrogen and oxygen atoms in total. The molecule has 0 amide bonds. The van der Waals surface area contributed by atoms with E-state index >= 15 is 0 Å². The maximum Gasteiger partial charge on any atom is 0.222 e. The van der Waals surface area contributed by atoms with E-state index in [0.717, 1.165) is 5.56 Å². The van der Waals surface area contributed by atoms with Gasteiger partial charge in [0.1, 0.15) is 17.4 Å². The highest BCUT2D eigenvalue weighted by atomic mass is 16.5. The van der Waals surface area contributed by atoms with E-state index in [-0.39, 0.29) is 23.4 Å². The average Bonchev–Trinajstić information content (AvgIpc) is 2.61. The summed E-state index contributed by atoms with van der Waals surface area (Å²) in [5, 5.41) is 0. The average molecular weight is 371 g/mol. The first-order valence-corrected chi connectivity index (χ1v) is 8.43. The molecule has 0 unspecified atom stereocenters. The summed E-state index contributed by atoms with van der Waals surface area (Å²) in [7, 11) is 5.31. The van der Waals surface area contributed by atoms with Gasteiger partial charge in [-0.2, -0.15) is 4.98 Å². The number of nitrogens with zero attached hydrogens (tertiary/aromatic N) is 3. The fourth-order valence-corrected chi connectivity index (χ4v) is 2.60. The second-order valence-corrected chi connectivity index (χ2v) is 6.64. The molecule has 0 spiro atoms. The zero-order valence-electron chi connectivity index (χ0n) is 16.2. The van der Waals surface area contributed by atoms with Crippen molar-refractivity contribution in [1.29, 1.82) is 0 Å². The van der Waals surface area contributed by atoms with Crippen LogP contribution in [-0.4, -0.2) is 48.6 Å². The molecule has 1 aromatic carbocycles. The second kappa shape index (κ2) is 8.53. The quantitative estimate of drug-likeness (QED) is 0.712. The predicted octanol–water partition coefficient (Wildman–Crippen LogP) is 2.34. The van der Waals surface area contributed by atoms with Crippen LogP contribution in [0.2, 0.25) is 0 Å². The van der Waals surface area contributed by atoms with Crippen LogP contribution in [0.25, 0.3) is 5.57 Å². The van der Waals surface area contributed by atoms with Gasteiger partial charge in [0.25, 0.3) is 0 Å². The molecule has 4 N–H and O–H groups in total. The predicted molar refractivity (Wildman–Crippen MR) is 106 cm³/mol. The molecule has 2 rings (SSSR count). The van der Waals surface area contributed by atoms with E-state index in [4.69, 9.17) is 20.9 Å². The van der Waals surface area contributed by atoms with E-state index in [1.807, 2.05) is 44.9 Å². The summed E-state index contributed by atoms with van der Waals surface area (Å²) >= 11 is 0. The van der Waals surface area contributed by atoms with Crippen molar-refractivity contribution in [2.45, 2.75) is 19.8 Å². The lowest BCUT2D eigenvalue weighted by Crippen LogP contribution is -2.15. The van der Waals surface area contributed by atoms with E-state index in [1.54, 1.807) is 13.2 Å². The minimum Gasteiger partial charge on any atom is -0.496 e. The Labute approximate surface area is 158 Å². The van der Waals surface area contributed by atoms with Crippen molar-refractivity contribution in [2.24, 2.45) is 0 Å². The smallest absolute Gasteiger partial charge is 0.222 e. The number of rotatable bonds is 7. The van der Waals surface area contributed by atoms with Gasteiger partial charge in [-0.05, 0) is 32.1 Å². The van der Waals surface area contributed by atoms with Gasteiger partial charge in [0.05, 0.1) is 18.9 Å². The van der Waals surface area contributed by atoms with E-state index in [1.165, 1.54) is 6.20 Å². The molecule has 144 valence electrons. The first-order valence-electron chi connectivity index (χ1n) is 8.43. The normalized spacial score (nSPS) is 10.8. The van der Waals surface area contributed by atoms with Crippen molar-refractivity contribution in [2.75, 3.05) is 39.2 Å². The molecular weight excluding hydrogens is 346 g/mol. The number of methoxy groups -OCH3 is 1. The molecule has 0 atom stereocenters. The lowest BCUT2D eigenvalue weighted by Gasteiger charge is -2.20. The van der Waals surface area contributed by atoms with Crippen LogP contribution in [0.4, 0.5) is 11.8 Å². The Morgan fingerprint density at radius 3 is 2.44 bits per heavy atom. The zero-order chi connectivity index (χ0) is 20.1. The molecule has 0 bridgehead atoms. The fraction of sp³-hybridized carbons (Fsp3) is 0.368. The van der Waals surface area contributed by atoms with Crippen LogP contribution in [-0.2, 0) is 4.79 Å². The van der Waals surface area contributed by atoms with Crippen LogP contribution in [0, 0.1) is 0 Å². The number of aromatic nitrogens is 2. The Kier molecular flexibility index (Phi) is 6.39. The van der Waals surface area contributed by atoms with E-state index in [2.05, 4.69) is 9.97 Å². The highest BCUT2D eigenvalue weighted by Gasteiger charge is 2.19. The number of anilines is 2. The highest BCUT2D eigenvalue weighted by molar-refractivity contribution is 5.91. The van der Waals surface area contributed by atoms with Gasteiger partial charge in [0.15, 0.2) is 11.6 Å². The third kappa shape index (κ3) is 4.75. The molecule has 8 heteroatoms. The van der Waals surface area contributed by atoms with Gasteiger partial charge in [-0.15, -0.1) is 0 Å². The second-order valence-electron chi connectivity index (χ2n) is 6.64. The Morgan fingerprint density at radius 2 is 1.93 bits per heavy atom. The van der Waals surface area contributed by atoms with Crippen molar-refractivity contribution >= 4 is 23.3 Å². The number of likely N-dealkylation sites (N-methyl/N-ethyl adjacent to an activating group) is 1. The van der Waals surface area contributed by atoms with Crippen molar-refractivity contribution < 1.29 is 14.3 Å². The molecule has 0 radical (unpaired) electrons. The van der Waals surface area contributed by atoms with Crippen LogP contribution in [0.5, 0.6) is 17.2 Å². The molecule has 2 aromatic rings. The standard InChI is InChI=1S/C19H25N5O3/c1-11(2)13-6-15(26-5)14(12(10-25)9-24(3)4)7-16(13)27-17-8-22-19(21)23-18(17)20/h6-8,11H,9H2,1-5H3,(H4,20,21,22,23). The lowest BCUT2D eigenvalue weighted by molar-refractivity contribution is 0.407. The summed E-state index contributed by atoms with van der Waals surface area (Å²) in [6.45, 7) is 4.47. The Bertz CT molecular complexity index is 874. The zero-order valence-corrected chi connectivity index (χ0v) is 16.2.